The molecular formula is C25H19N5O2. The van der Waals surface area contributed by atoms with Crippen molar-refractivity contribution >= 4 is 22.5 Å². The second-order valence-electron chi connectivity index (χ2n) is 7.39. The third-order valence-electron chi connectivity index (χ3n) is 5.14. The molecule has 0 radical (unpaired) electrons. The van der Waals surface area contributed by atoms with E-state index >= 15 is 0 Å². The molecule has 5 aromatic rings. The summed E-state index contributed by atoms with van der Waals surface area (Å²) < 4.78 is 0. The van der Waals surface area contributed by atoms with Gasteiger partial charge in [-0.25, -0.2) is 4.98 Å². The van der Waals surface area contributed by atoms with Gasteiger partial charge in [-0.1, -0.05) is 48.5 Å². The molecule has 0 aliphatic rings. The number of benzene rings is 3. The van der Waals surface area contributed by atoms with Gasteiger partial charge in [-0.05, 0) is 41.8 Å². The fourth-order valence-corrected chi connectivity index (χ4v) is 3.52. The van der Waals surface area contributed by atoms with Gasteiger partial charge in [-0.15, -0.1) is 0 Å². The number of aromatic amines is 2. The first-order chi connectivity index (χ1) is 15.7. The minimum atomic E-state index is -0.260. The van der Waals surface area contributed by atoms with Gasteiger partial charge in [0.1, 0.15) is 0 Å². The van der Waals surface area contributed by atoms with Crippen molar-refractivity contribution in [1.82, 2.24) is 20.2 Å². The van der Waals surface area contributed by atoms with Crippen LogP contribution in [0.5, 0.6) is 0 Å². The number of aromatic nitrogens is 4. The highest BCUT2D eigenvalue weighted by Crippen LogP contribution is 2.21. The van der Waals surface area contributed by atoms with E-state index in [9.17, 15) is 9.59 Å². The smallest absolute Gasteiger partial charge is 0.252 e. The number of carbonyl (C=O) groups is 1. The van der Waals surface area contributed by atoms with Crippen molar-refractivity contribution in [2.75, 3.05) is 5.32 Å². The summed E-state index contributed by atoms with van der Waals surface area (Å²) in [6.45, 7) is 0. The third-order valence-corrected chi connectivity index (χ3v) is 5.14. The Morgan fingerprint density at radius 1 is 0.875 bits per heavy atom. The molecule has 3 aromatic carbocycles. The number of carbonyl (C=O) groups excluding carboxylic acids is 1. The summed E-state index contributed by atoms with van der Waals surface area (Å²) in [5.41, 5.74) is 3.34. The molecule has 0 saturated carbocycles. The zero-order valence-corrected chi connectivity index (χ0v) is 17.0. The number of nitrogens with one attached hydrogen (secondary N) is 3. The average Bonchev–Trinajstić information content (AvgIpc) is 3.31. The highest BCUT2D eigenvalue weighted by atomic mass is 16.2. The van der Waals surface area contributed by atoms with Crippen molar-refractivity contribution in [3.63, 3.8) is 0 Å². The Bertz CT molecular complexity index is 1450. The molecule has 7 heteroatoms. The molecular weight excluding hydrogens is 402 g/mol. The third kappa shape index (κ3) is 4.04. The average molecular weight is 421 g/mol. The Kier molecular flexibility index (Phi) is 5.05. The van der Waals surface area contributed by atoms with Gasteiger partial charge in [-0.3, -0.25) is 14.7 Å². The molecule has 0 aliphatic heterocycles. The second-order valence-corrected chi connectivity index (χ2v) is 7.39. The van der Waals surface area contributed by atoms with Crippen LogP contribution in [0.25, 0.3) is 33.7 Å². The zero-order chi connectivity index (χ0) is 21.9. The Balaban J connectivity index is 1.28. The first-order valence-corrected chi connectivity index (χ1v) is 10.1. The van der Waals surface area contributed by atoms with Gasteiger partial charge in [0, 0.05) is 27.9 Å². The maximum Gasteiger partial charge on any atom is 0.252 e. The summed E-state index contributed by atoms with van der Waals surface area (Å²) >= 11 is 0. The molecule has 2 heterocycles. The molecule has 3 N–H and O–H groups in total. The molecule has 1 amide bonds. The molecule has 0 saturated heterocycles. The summed E-state index contributed by atoms with van der Waals surface area (Å²) in [6.07, 6.45) is -0.00947. The predicted octanol–water partition coefficient (Wildman–Crippen LogP) is 4.16. The van der Waals surface area contributed by atoms with Crippen LogP contribution in [-0.2, 0) is 11.2 Å². The zero-order valence-electron chi connectivity index (χ0n) is 17.0. The van der Waals surface area contributed by atoms with Crippen molar-refractivity contribution < 1.29 is 4.79 Å². The summed E-state index contributed by atoms with van der Waals surface area (Å²) in [7, 11) is 0. The van der Waals surface area contributed by atoms with E-state index in [1.54, 1.807) is 18.2 Å². The topological polar surface area (TPSA) is 104 Å². The maximum atomic E-state index is 12.5. The van der Waals surface area contributed by atoms with E-state index < -0.39 is 0 Å². The molecule has 0 atom stereocenters. The largest absolute Gasteiger partial charge is 0.326 e. The monoisotopic (exact) mass is 421 g/mol. The standard InChI is InChI=1S/C25H19N5O2/c31-22(15-19-14-18-8-4-5-9-21(18)27-25(19)32)26-20-12-10-17(11-13-20)24-28-23(29-30-24)16-6-2-1-3-7-16/h1-14H,15H2,(H,26,31)(H,27,32)(H,28,29,30). The van der Waals surface area contributed by atoms with Crippen LogP contribution < -0.4 is 10.9 Å². The van der Waals surface area contributed by atoms with E-state index in [2.05, 4.69) is 25.5 Å². The molecule has 5 rings (SSSR count). The van der Waals surface area contributed by atoms with Crippen molar-refractivity contribution in [2.45, 2.75) is 6.42 Å². The lowest BCUT2D eigenvalue weighted by Gasteiger charge is -2.07. The van der Waals surface area contributed by atoms with Crippen molar-refractivity contribution in [3.05, 3.63) is 101 Å². The minimum Gasteiger partial charge on any atom is -0.326 e. The van der Waals surface area contributed by atoms with Gasteiger partial charge in [0.25, 0.3) is 5.56 Å². The van der Waals surface area contributed by atoms with E-state index in [0.717, 1.165) is 22.0 Å². The number of pyridine rings is 1. The van der Waals surface area contributed by atoms with Gasteiger partial charge in [0.05, 0.1) is 6.42 Å². The van der Waals surface area contributed by atoms with Gasteiger partial charge in [-0.2, -0.15) is 5.10 Å². The number of nitrogens with zero attached hydrogens (tertiary/aromatic N) is 2. The number of rotatable bonds is 5. The van der Waals surface area contributed by atoms with E-state index in [1.807, 2.05) is 66.7 Å². The molecule has 156 valence electrons. The van der Waals surface area contributed by atoms with Gasteiger partial charge in [0.2, 0.25) is 5.91 Å². The number of fused-ring (bicyclic) bond motifs is 1. The first-order valence-electron chi connectivity index (χ1n) is 10.1. The fourth-order valence-electron chi connectivity index (χ4n) is 3.52. The molecule has 0 fully saturated rings. The normalized spacial score (nSPS) is 10.9. The van der Waals surface area contributed by atoms with Crippen LogP contribution in [0.4, 0.5) is 5.69 Å². The molecule has 0 bridgehead atoms. The SMILES string of the molecule is O=C(Cc1cc2ccccc2[nH]c1=O)Nc1ccc(-c2nc(-c3ccccc3)n[nH]2)cc1. The summed E-state index contributed by atoms with van der Waals surface area (Å²) in [4.78, 5) is 32.1. The summed E-state index contributed by atoms with van der Waals surface area (Å²) in [6, 6.07) is 26.3. The Labute approximate surface area is 183 Å². The number of amides is 1. The highest BCUT2D eigenvalue weighted by molar-refractivity contribution is 5.93. The Hall–Kier alpha value is -4.52. The van der Waals surface area contributed by atoms with E-state index in [1.165, 1.54) is 0 Å². The van der Waals surface area contributed by atoms with Gasteiger partial charge >= 0.3 is 0 Å². The van der Waals surface area contributed by atoms with Gasteiger partial charge in [0.15, 0.2) is 11.6 Å². The van der Waals surface area contributed by atoms with Crippen LogP contribution in [0.3, 0.4) is 0 Å². The minimum absolute atomic E-state index is 0.00947. The van der Waals surface area contributed by atoms with Crippen molar-refractivity contribution in [2.24, 2.45) is 0 Å². The molecule has 2 aromatic heterocycles. The van der Waals surface area contributed by atoms with Crippen LogP contribution >= 0.6 is 0 Å². The number of anilines is 1. The molecule has 0 aliphatic carbocycles. The van der Waals surface area contributed by atoms with Crippen LogP contribution in [0.15, 0.2) is 89.7 Å². The van der Waals surface area contributed by atoms with Crippen molar-refractivity contribution in [1.29, 1.82) is 0 Å². The second kappa shape index (κ2) is 8.31. The Morgan fingerprint density at radius 3 is 2.44 bits per heavy atom. The van der Waals surface area contributed by atoms with Crippen LogP contribution in [-0.4, -0.2) is 26.1 Å². The molecule has 7 nitrogen and oxygen atoms in total. The first kappa shape index (κ1) is 19.4. The van der Waals surface area contributed by atoms with E-state index in [4.69, 9.17) is 0 Å². The van der Waals surface area contributed by atoms with E-state index in [0.29, 0.717) is 22.9 Å². The number of hydrogen-bond donors (Lipinski definition) is 3. The molecule has 32 heavy (non-hydrogen) atoms. The lowest BCUT2D eigenvalue weighted by Crippen LogP contribution is -2.21. The predicted molar refractivity (Wildman–Crippen MR) is 124 cm³/mol. The molecule has 0 unspecified atom stereocenters. The lowest BCUT2D eigenvalue weighted by molar-refractivity contribution is -0.115. The number of H-pyrrole nitrogens is 2. The maximum absolute atomic E-state index is 12.5. The number of hydrogen-bond acceptors (Lipinski definition) is 4. The summed E-state index contributed by atoms with van der Waals surface area (Å²) in [5.74, 6) is 1.01. The van der Waals surface area contributed by atoms with Crippen molar-refractivity contribution in [3.8, 4) is 22.8 Å². The highest BCUT2D eigenvalue weighted by Gasteiger charge is 2.11. The Morgan fingerprint density at radius 2 is 1.62 bits per heavy atom. The van der Waals surface area contributed by atoms with Crippen LogP contribution in [0, 0.1) is 0 Å². The molecule has 0 spiro atoms. The fraction of sp³-hybridized carbons (Fsp3) is 0.0400. The summed E-state index contributed by atoms with van der Waals surface area (Å²) in [5, 5.41) is 10.9. The quantitative estimate of drug-likeness (QED) is 0.396. The van der Waals surface area contributed by atoms with E-state index in [-0.39, 0.29) is 17.9 Å². The van der Waals surface area contributed by atoms with Gasteiger partial charge < -0.3 is 10.3 Å². The van der Waals surface area contributed by atoms with Crippen LogP contribution in [0.2, 0.25) is 0 Å². The van der Waals surface area contributed by atoms with Crippen LogP contribution in [0.1, 0.15) is 5.56 Å². The number of para-hydroxylation sites is 1. The lowest BCUT2D eigenvalue weighted by atomic mass is 10.1.